The first-order valence-electron chi connectivity index (χ1n) is 5.37. The number of thioether (sulfide) groups is 1. The monoisotopic (exact) mass is 253 g/mol. The molecule has 0 amide bonds. The molecule has 0 fully saturated rings. The molecule has 0 saturated carbocycles. The maximum atomic E-state index is 10.8. The molecule has 0 spiro atoms. The predicted molar refractivity (Wildman–Crippen MR) is 68.2 cm³/mol. The zero-order valence-corrected chi connectivity index (χ0v) is 10.7. The Bertz CT molecular complexity index is 436. The van der Waals surface area contributed by atoms with Crippen molar-refractivity contribution in [2.45, 2.75) is 17.4 Å². The lowest BCUT2D eigenvalue weighted by Crippen LogP contribution is -2.38. The number of hydrogen-bond acceptors (Lipinski definition) is 4. The van der Waals surface area contributed by atoms with Crippen molar-refractivity contribution < 1.29 is 14.6 Å². The molecule has 1 N–H and O–H groups in total. The van der Waals surface area contributed by atoms with E-state index in [1.54, 1.807) is 18.9 Å². The number of benzene rings is 1. The van der Waals surface area contributed by atoms with Crippen LogP contribution in [0.4, 0.5) is 5.69 Å². The third-order valence-corrected chi connectivity index (χ3v) is 4.13. The zero-order valence-electron chi connectivity index (χ0n) is 9.84. The summed E-state index contributed by atoms with van der Waals surface area (Å²) in [4.78, 5) is 14.0. The highest BCUT2D eigenvalue weighted by Gasteiger charge is 2.26. The maximum absolute atomic E-state index is 10.8. The van der Waals surface area contributed by atoms with Crippen LogP contribution in [0.2, 0.25) is 0 Å². The summed E-state index contributed by atoms with van der Waals surface area (Å²) in [6.07, 6.45) is 0.176. The van der Waals surface area contributed by atoms with E-state index >= 15 is 0 Å². The van der Waals surface area contributed by atoms with Gasteiger partial charge < -0.3 is 14.7 Å². The number of nitrogens with zero attached hydrogens (tertiary/aromatic N) is 1. The van der Waals surface area contributed by atoms with Gasteiger partial charge in [-0.2, -0.15) is 0 Å². The Morgan fingerprint density at radius 3 is 3.06 bits per heavy atom. The molecule has 0 aromatic heterocycles. The molecular formula is C12H15NO3S. The second kappa shape index (κ2) is 4.87. The van der Waals surface area contributed by atoms with Gasteiger partial charge in [0, 0.05) is 23.7 Å². The summed E-state index contributed by atoms with van der Waals surface area (Å²) in [5.74, 6) is 0.879. The molecule has 92 valence electrons. The lowest BCUT2D eigenvalue weighted by atomic mass is 10.1. The summed E-state index contributed by atoms with van der Waals surface area (Å²) < 4.78 is 5.18. The minimum atomic E-state index is -0.751. The van der Waals surface area contributed by atoms with Gasteiger partial charge in [-0.25, -0.2) is 0 Å². The van der Waals surface area contributed by atoms with E-state index in [4.69, 9.17) is 9.84 Å². The molecule has 1 aromatic carbocycles. The first kappa shape index (κ1) is 12.1. The Kier molecular flexibility index (Phi) is 3.47. The molecule has 0 saturated heterocycles. The second-order valence-electron chi connectivity index (χ2n) is 4.01. The average molecular weight is 253 g/mol. The van der Waals surface area contributed by atoms with Gasteiger partial charge in [0.05, 0.1) is 19.2 Å². The quantitative estimate of drug-likeness (QED) is 0.893. The summed E-state index contributed by atoms with van der Waals surface area (Å²) in [5.41, 5.74) is 1.08. The lowest BCUT2D eigenvalue weighted by molar-refractivity contribution is -0.137. The standard InChI is InChI=1S/C12H15NO3S/c1-13-8(5-12(14)15)7-17-11-6-9(16-2)3-4-10(11)13/h3-4,6,8H,5,7H2,1-2H3,(H,14,15). The van der Waals surface area contributed by atoms with Gasteiger partial charge in [-0.3, -0.25) is 4.79 Å². The van der Waals surface area contributed by atoms with E-state index in [0.717, 1.165) is 22.1 Å². The van der Waals surface area contributed by atoms with Crippen LogP contribution in [0.1, 0.15) is 6.42 Å². The van der Waals surface area contributed by atoms with Crippen LogP contribution < -0.4 is 9.64 Å². The van der Waals surface area contributed by atoms with Crippen molar-refractivity contribution in [3.8, 4) is 5.75 Å². The first-order valence-corrected chi connectivity index (χ1v) is 6.36. The highest BCUT2D eigenvalue weighted by Crippen LogP contribution is 2.39. The van der Waals surface area contributed by atoms with Crippen LogP contribution in [0, 0.1) is 0 Å². The molecule has 2 rings (SSSR count). The fraction of sp³-hybridized carbons (Fsp3) is 0.417. The van der Waals surface area contributed by atoms with Crippen LogP contribution in [0.5, 0.6) is 5.75 Å². The van der Waals surface area contributed by atoms with Gasteiger partial charge in [-0.1, -0.05) is 0 Å². The van der Waals surface area contributed by atoms with Crippen LogP contribution >= 0.6 is 11.8 Å². The maximum Gasteiger partial charge on any atom is 0.305 e. The predicted octanol–water partition coefficient (Wildman–Crippen LogP) is 2.08. The second-order valence-corrected chi connectivity index (χ2v) is 5.07. The fourth-order valence-corrected chi connectivity index (χ4v) is 3.19. The van der Waals surface area contributed by atoms with E-state index in [1.807, 2.05) is 30.1 Å². The molecule has 1 aliphatic rings. The number of ether oxygens (including phenoxy) is 1. The SMILES string of the molecule is COc1ccc2c(c1)SCC(CC(=O)O)N2C. The minimum Gasteiger partial charge on any atom is -0.497 e. The molecule has 1 unspecified atom stereocenters. The zero-order chi connectivity index (χ0) is 12.4. The molecule has 0 aliphatic carbocycles. The van der Waals surface area contributed by atoms with Gasteiger partial charge in [0.2, 0.25) is 0 Å². The molecule has 0 radical (unpaired) electrons. The summed E-state index contributed by atoms with van der Waals surface area (Å²) in [7, 11) is 3.59. The number of methoxy groups -OCH3 is 1. The van der Waals surface area contributed by atoms with E-state index in [9.17, 15) is 4.79 Å². The number of anilines is 1. The van der Waals surface area contributed by atoms with Crippen molar-refractivity contribution in [3.05, 3.63) is 18.2 Å². The number of carbonyl (C=O) groups is 1. The highest BCUT2D eigenvalue weighted by atomic mass is 32.2. The Morgan fingerprint density at radius 2 is 2.41 bits per heavy atom. The third kappa shape index (κ3) is 2.49. The van der Waals surface area contributed by atoms with Gasteiger partial charge in [-0.05, 0) is 18.2 Å². The van der Waals surface area contributed by atoms with E-state index in [1.165, 1.54) is 0 Å². The fourth-order valence-electron chi connectivity index (χ4n) is 1.92. The van der Waals surface area contributed by atoms with E-state index in [0.29, 0.717) is 0 Å². The number of carboxylic acids is 1. The van der Waals surface area contributed by atoms with Crippen LogP contribution in [0.25, 0.3) is 0 Å². The molecule has 1 atom stereocenters. The number of aliphatic carboxylic acids is 1. The van der Waals surface area contributed by atoms with E-state index in [-0.39, 0.29) is 12.5 Å². The van der Waals surface area contributed by atoms with Crippen LogP contribution in [-0.4, -0.2) is 37.0 Å². The van der Waals surface area contributed by atoms with Gasteiger partial charge in [0.25, 0.3) is 0 Å². The van der Waals surface area contributed by atoms with Crippen LogP contribution in [-0.2, 0) is 4.79 Å². The highest BCUT2D eigenvalue weighted by molar-refractivity contribution is 7.99. The first-order chi connectivity index (χ1) is 8.11. The number of fused-ring (bicyclic) bond motifs is 1. The van der Waals surface area contributed by atoms with Crippen molar-refractivity contribution in [3.63, 3.8) is 0 Å². The van der Waals surface area contributed by atoms with Crippen molar-refractivity contribution in [1.82, 2.24) is 0 Å². The van der Waals surface area contributed by atoms with Gasteiger partial charge in [0.15, 0.2) is 0 Å². The Hall–Kier alpha value is -1.36. The molecule has 5 heteroatoms. The smallest absolute Gasteiger partial charge is 0.305 e. The minimum absolute atomic E-state index is 0.0541. The molecule has 17 heavy (non-hydrogen) atoms. The normalized spacial score (nSPS) is 18.7. The average Bonchev–Trinajstić information content (AvgIpc) is 2.32. The number of hydrogen-bond donors (Lipinski definition) is 1. The van der Waals surface area contributed by atoms with E-state index in [2.05, 4.69) is 0 Å². The molecule has 4 nitrogen and oxygen atoms in total. The van der Waals surface area contributed by atoms with Crippen LogP contribution in [0.3, 0.4) is 0 Å². The van der Waals surface area contributed by atoms with Crippen LogP contribution in [0.15, 0.2) is 23.1 Å². The Labute approximate surface area is 105 Å². The van der Waals surface area contributed by atoms with E-state index < -0.39 is 5.97 Å². The van der Waals surface area contributed by atoms with Crippen molar-refractivity contribution >= 4 is 23.4 Å². The summed E-state index contributed by atoms with van der Waals surface area (Å²) in [5, 5.41) is 8.86. The molecule has 0 bridgehead atoms. The largest absolute Gasteiger partial charge is 0.497 e. The summed E-state index contributed by atoms with van der Waals surface area (Å²) in [6.45, 7) is 0. The third-order valence-electron chi connectivity index (χ3n) is 2.94. The lowest BCUT2D eigenvalue weighted by Gasteiger charge is -2.34. The number of carboxylic acid groups (broad SMARTS) is 1. The van der Waals surface area contributed by atoms with Crippen molar-refractivity contribution in [2.24, 2.45) is 0 Å². The molecular weight excluding hydrogens is 238 g/mol. The number of rotatable bonds is 3. The summed E-state index contributed by atoms with van der Waals surface area (Å²) >= 11 is 1.69. The Balaban J connectivity index is 2.23. The Morgan fingerprint density at radius 1 is 1.65 bits per heavy atom. The van der Waals surface area contributed by atoms with Gasteiger partial charge in [-0.15, -0.1) is 11.8 Å². The summed E-state index contributed by atoms with van der Waals surface area (Å²) in [6, 6.07) is 5.93. The van der Waals surface area contributed by atoms with Gasteiger partial charge >= 0.3 is 5.97 Å². The molecule has 1 aliphatic heterocycles. The van der Waals surface area contributed by atoms with Gasteiger partial charge in [0.1, 0.15) is 5.75 Å². The topological polar surface area (TPSA) is 49.8 Å². The molecule has 1 heterocycles. The van der Waals surface area contributed by atoms with Crippen molar-refractivity contribution in [1.29, 1.82) is 0 Å². The molecule has 1 aromatic rings. The van der Waals surface area contributed by atoms with Crippen molar-refractivity contribution in [2.75, 3.05) is 24.8 Å².